The first-order chi connectivity index (χ1) is 12.4. The molecule has 2 aromatic heterocycles. The first kappa shape index (κ1) is 17.7. The number of fused-ring (bicyclic) bond motifs is 1. The van der Waals surface area contributed by atoms with Gasteiger partial charge in [0.25, 0.3) is 0 Å². The first-order valence-electron chi connectivity index (χ1n) is 8.24. The van der Waals surface area contributed by atoms with Crippen LogP contribution in [0.1, 0.15) is 28.2 Å². The van der Waals surface area contributed by atoms with E-state index in [1.165, 1.54) is 11.8 Å². The number of aromatic nitrogens is 4. The summed E-state index contributed by atoms with van der Waals surface area (Å²) in [5.74, 6) is -0.764. The van der Waals surface area contributed by atoms with Crippen LogP contribution in [0.5, 0.6) is 0 Å². The largest absolute Gasteiger partial charge is 0.464 e. The number of methoxy groups -OCH3 is 1. The molecule has 8 nitrogen and oxygen atoms in total. The maximum absolute atomic E-state index is 12.4. The molecule has 0 radical (unpaired) electrons. The van der Waals surface area contributed by atoms with Gasteiger partial charge in [0.15, 0.2) is 5.69 Å². The highest BCUT2D eigenvalue weighted by atomic mass is 16.5. The molecule has 0 aliphatic heterocycles. The van der Waals surface area contributed by atoms with Gasteiger partial charge in [0, 0.05) is 18.9 Å². The Labute approximate surface area is 150 Å². The Balaban J connectivity index is 1.73. The summed E-state index contributed by atoms with van der Waals surface area (Å²) in [5.41, 5.74) is 3.29. The van der Waals surface area contributed by atoms with Gasteiger partial charge in [-0.25, -0.2) is 4.79 Å². The molecule has 26 heavy (non-hydrogen) atoms. The minimum Gasteiger partial charge on any atom is -0.464 e. The van der Waals surface area contributed by atoms with E-state index in [4.69, 9.17) is 4.74 Å². The molecule has 1 aromatic carbocycles. The number of carbonyl (C=O) groups is 2. The number of hydrogen-bond donors (Lipinski definition) is 1. The quantitative estimate of drug-likeness (QED) is 0.709. The van der Waals surface area contributed by atoms with Crippen LogP contribution in [0.25, 0.3) is 10.9 Å². The van der Waals surface area contributed by atoms with Crippen LogP contribution in [0.4, 0.5) is 5.69 Å². The average Bonchev–Trinajstić information content (AvgIpc) is 3.12. The number of anilines is 1. The Kier molecular flexibility index (Phi) is 4.75. The third-order valence-electron chi connectivity index (χ3n) is 4.22. The fourth-order valence-corrected chi connectivity index (χ4v) is 2.91. The van der Waals surface area contributed by atoms with Crippen LogP contribution in [-0.4, -0.2) is 38.5 Å². The number of benzene rings is 1. The number of ether oxygens (including phenoxy) is 1. The molecule has 0 bridgehead atoms. The van der Waals surface area contributed by atoms with E-state index >= 15 is 0 Å². The zero-order valence-corrected chi connectivity index (χ0v) is 15.2. The lowest BCUT2D eigenvalue weighted by Crippen LogP contribution is -2.18. The van der Waals surface area contributed by atoms with Gasteiger partial charge in [-0.3, -0.25) is 14.2 Å². The van der Waals surface area contributed by atoms with E-state index < -0.39 is 5.97 Å². The smallest absolute Gasteiger partial charge is 0.358 e. The van der Waals surface area contributed by atoms with Crippen LogP contribution in [0.3, 0.4) is 0 Å². The Morgan fingerprint density at radius 1 is 1.27 bits per heavy atom. The molecule has 1 amide bonds. The normalized spacial score (nSPS) is 10.9. The van der Waals surface area contributed by atoms with Crippen molar-refractivity contribution in [1.29, 1.82) is 0 Å². The number of rotatable bonds is 5. The van der Waals surface area contributed by atoms with Crippen LogP contribution in [0, 0.1) is 13.8 Å². The van der Waals surface area contributed by atoms with E-state index in [0.29, 0.717) is 17.9 Å². The molecule has 0 aliphatic carbocycles. The summed E-state index contributed by atoms with van der Waals surface area (Å²) in [4.78, 5) is 24.3. The van der Waals surface area contributed by atoms with Crippen molar-refractivity contribution in [3.05, 3.63) is 41.3 Å². The molecular weight excluding hydrogens is 334 g/mol. The predicted octanol–water partition coefficient (Wildman–Crippen LogP) is 2.20. The van der Waals surface area contributed by atoms with Crippen molar-refractivity contribution < 1.29 is 14.3 Å². The SMILES string of the molecule is COC(=O)c1c(NC(=O)CCn2ncc3ccc(C)cc32)c(C)nn1C. The standard InChI is InChI=1S/C18H21N5O3/c1-11-5-6-13-10-19-23(14(13)9-11)8-7-15(24)20-16-12(2)21-22(3)17(16)18(25)26-4/h5-6,9-10H,7-8H2,1-4H3,(H,20,24). The molecular formula is C18H21N5O3. The number of esters is 1. The van der Waals surface area contributed by atoms with Crippen molar-refractivity contribution in [2.45, 2.75) is 26.8 Å². The third-order valence-corrected chi connectivity index (χ3v) is 4.22. The number of nitrogens with zero attached hydrogens (tertiary/aromatic N) is 4. The molecule has 0 spiro atoms. The van der Waals surface area contributed by atoms with Crippen LogP contribution in [0.15, 0.2) is 24.4 Å². The molecule has 0 aliphatic rings. The summed E-state index contributed by atoms with van der Waals surface area (Å²) in [7, 11) is 2.92. The minimum atomic E-state index is -0.544. The Morgan fingerprint density at radius 3 is 2.77 bits per heavy atom. The van der Waals surface area contributed by atoms with Gasteiger partial charge >= 0.3 is 5.97 Å². The first-order valence-corrected chi connectivity index (χ1v) is 8.24. The topological polar surface area (TPSA) is 91.0 Å². The van der Waals surface area contributed by atoms with Gasteiger partial charge in [0.1, 0.15) is 0 Å². The van der Waals surface area contributed by atoms with Crippen molar-refractivity contribution in [2.75, 3.05) is 12.4 Å². The molecule has 2 heterocycles. The van der Waals surface area contributed by atoms with E-state index in [1.54, 1.807) is 24.9 Å². The number of aryl methyl sites for hydroxylation is 4. The van der Waals surface area contributed by atoms with Crippen LogP contribution in [0.2, 0.25) is 0 Å². The lowest BCUT2D eigenvalue weighted by Gasteiger charge is -2.08. The van der Waals surface area contributed by atoms with Gasteiger partial charge in [-0.2, -0.15) is 10.2 Å². The van der Waals surface area contributed by atoms with Crippen LogP contribution < -0.4 is 5.32 Å². The maximum atomic E-state index is 12.4. The summed E-state index contributed by atoms with van der Waals surface area (Å²) in [6, 6.07) is 6.08. The van der Waals surface area contributed by atoms with E-state index in [1.807, 2.05) is 25.1 Å². The number of carbonyl (C=O) groups excluding carboxylic acids is 2. The summed E-state index contributed by atoms with van der Waals surface area (Å²) in [5, 5.41) is 12.3. The van der Waals surface area contributed by atoms with Crippen molar-refractivity contribution in [2.24, 2.45) is 7.05 Å². The molecule has 8 heteroatoms. The molecule has 0 saturated heterocycles. The Bertz CT molecular complexity index is 986. The minimum absolute atomic E-state index is 0.220. The monoisotopic (exact) mass is 355 g/mol. The van der Waals surface area contributed by atoms with E-state index in [9.17, 15) is 9.59 Å². The molecule has 3 rings (SSSR count). The highest BCUT2D eigenvalue weighted by molar-refractivity contribution is 6.00. The number of nitrogens with one attached hydrogen (secondary N) is 1. The zero-order chi connectivity index (χ0) is 18.8. The molecule has 0 atom stereocenters. The third kappa shape index (κ3) is 3.30. The molecule has 3 aromatic rings. The van der Waals surface area contributed by atoms with E-state index in [0.717, 1.165) is 16.5 Å². The second kappa shape index (κ2) is 6.99. The van der Waals surface area contributed by atoms with E-state index in [2.05, 4.69) is 15.5 Å². The van der Waals surface area contributed by atoms with Gasteiger partial charge in [0.2, 0.25) is 5.91 Å². The molecule has 1 N–H and O–H groups in total. The van der Waals surface area contributed by atoms with E-state index in [-0.39, 0.29) is 18.0 Å². The van der Waals surface area contributed by atoms with Crippen LogP contribution in [-0.2, 0) is 23.1 Å². The highest BCUT2D eigenvalue weighted by Gasteiger charge is 2.22. The predicted molar refractivity (Wildman–Crippen MR) is 97.0 cm³/mol. The van der Waals surface area contributed by atoms with Gasteiger partial charge in [-0.1, -0.05) is 12.1 Å². The summed E-state index contributed by atoms with van der Waals surface area (Å²) < 4.78 is 7.97. The van der Waals surface area contributed by atoms with Crippen molar-refractivity contribution in [3.63, 3.8) is 0 Å². The second-order valence-corrected chi connectivity index (χ2v) is 6.15. The lowest BCUT2D eigenvalue weighted by molar-refractivity contribution is -0.116. The Hall–Kier alpha value is -3.16. The average molecular weight is 355 g/mol. The Morgan fingerprint density at radius 2 is 2.04 bits per heavy atom. The van der Waals surface area contributed by atoms with Crippen LogP contribution >= 0.6 is 0 Å². The molecule has 0 fully saturated rings. The van der Waals surface area contributed by atoms with Gasteiger partial charge < -0.3 is 10.1 Å². The number of hydrogen-bond acceptors (Lipinski definition) is 5. The molecule has 0 saturated carbocycles. The highest BCUT2D eigenvalue weighted by Crippen LogP contribution is 2.21. The van der Waals surface area contributed by atoms with Crippen molar-refractivity contribution in [1.82, 2.24) is 19.6 Å². The van der Waals surface area contributed by atoms with Gasteiger partial charge in [0.05, 0.1) is 36.7 Å². The summed E-state index contributed by atoms with van der Waals surface area (Å²) in [6.07, 6.45) is 2.01. The number of amides is 1. The van der Waals surface area contributed by atoms with Crippen molar-refractivity contribution in [3.8, 4) is 0 Å². The lowest BCUT2D eigenvalue weighted by atomic mass is 10.2. The second-order valence-electron chi connectivity index (χ2n) is 6.15. The van der Waals surface area contributed by atoms with Crippen molar-refractivity contribution >= 4 is 28.5 Å². The zero-order valence-electron chi connectivity index (χ0n) is 15.2. The summed E-state index contributed by atoms with van der Waals surface area (Å²) in [6.45, 7) is 4.18. The van der Waals surface area contributed by atoms with Gasteiger partial charge in [-0.05, 0) is 25.5 Å². The summed E-state index contributed by atoms with van der Waals surface area (Å²) >= 11 is 0. The van der Waals surface area contributed by atoms with Gasteiger partial charge in [-0.15, -0.1) is 0 Å². The fraction of sp³-hybridized carbons (Fsp3) is 0.333. The maximum Gasteiger partial charge on any atom is 0.358 e. The fourth-order valence-electron chi connectivity index (χ4n) is 2.91. The molecule has 136 valence electrons. The molecule has 0 unspecified atom stereocenters.